The molecule has 2 heterocycles. The second-order valence-electron chi connectivity index (χ2n) is 6.71. The zero-order chi connectivity index (χ0) is 18.6. The number of fused-ring (bicyclic) bond motifs is 1. The Morgan fingerprint density at radius 1 is 1.00 bits per heavy atom. The Labute approximate surface area is 157 Å². The molecule has 2 saturated heterocycles. The van der Waals surface area contributed by atoms with Gasteiger partial charge in [-0.25, -0.2) is 4.79 Å². The molecular formula is C21H21NO5. The highest BCUT2D eigenvalue weighted by Gasteiger charge is 2.53. The van der Waals surface area contributed by atoms with Crippen LogP contribution < -0.4 is 0 Å². The highest BCUT2D eigenvalue weighted by atomic mass is 16.6. The summed E-state index contributed by atoms with van der Waals surface area (Å²) < 4.78 is 17.0. The van der Waals surface area contributed by atoms with E-state index in [4.69, 9.17) is 14.2 Å². The molecule has 0 aromatic heterocycles. The van der Waals surface area contributed by atoms with E-state index in [2.05, 4.69) is 0 Å². The van der Waals surface area contributed by atoms with Gasteiger partial charge in [-0.15, -0.1) is 0 Å². The van der Waals surface area contributed by atoms with Crippen LogP contribution in [0.1, 0.15) is 11.1 Å². The van der Waals surface area contributed by atoms with Crippen molar-refractivity contribution in [3.8, 4) is 0 Å². The summed E-state index contributed by atoms with van der Waals surface area (Å²) in [4.78, 5) is 26.2. The van der Waals surface area contributed by atoms with Crippen molar-refractivity contribution in [2.45, 2.75) is 31.5 Å². The van der Waals surface area contributed by atoms with E-state index in [1.807, 2.05) is 60.7 Å². The number of hydrogen-bond donors (Lipinski definition) is 0. The van der Waals surface area contributed by atoms with Crippen molar-refractivity contribution >= 4 is 11.9 Å². The lowest BCUT2D eigenvalue weighted by Gasteiger charge is -2.20. The summed E-state index contributed by atoms with van der Waals surface area (Å²) in [5.74, 6) is -0.109. The Balaban J connectivity index is 1.40. The van der Waals surface area contributed by atoms with E-state index in [9.17, 15) is 9.59 Å². The normalized spacial score (nSPS) is 24.1. The van der Waals surface area contributed by atoms with E-state index >= 15 is 0 Å². The number of ether oxygens (including phenoxy) is 3. The third-order valence-electron chi connectivity index (χ3n) is 4.88. The maximum absolute atomic E-state index is 12.6. The minimum Gasteiger partial charge on any atom is -0.445 e. The van der Waals surface area contributed by atoms with Crippen LogP contribution in [0, 0.1) is 0 Å². The molecule has 6 nitrogen and oxygen atoms in total. The summed E-state index contributed by atoms with van der Waals surface area (Å²) in [7, 11) is 0. The average Bonchev–Trinajstić information content (AvgIpc) is 3.27. The van der Waals surface area contributed by atoms with Gasteiger partial charge in [0.15, 0.2) is 5.78 Å². The first kappa shape index (κ1) is 17.7. The molecule has 140 valence electrons. The van der Waals surface area contributed by atoms with Crippen LogP contribution in [0.5, 0.6) is 0 Å². The molecule has 6 heteroatoms. The molecule has 1 amide bonds. The van der Waals surface area contributed by atoms with E-state index in [1.165, 1.54) is 4.90 Å². The third kappa shape index (κ3) is 3.86. The smallest absolute Gasteiger partial charge is 0.410 e. The lowest BCUT2D eigenvalue weighted by atomic mass is 10.1. The first-order valence-electron chi connectivity index (χ1n) is 8.99. The van der Waals surface area contributed by atoms with Gasteiger partial charge in [0.05, 0.1) is 13.2 Å². The van der Waals surface area contributed by atoms with Crippen LogP contribution in [0.2, 0.25) is 0 Å². The lowest BCUT2D eigenvalue weighted by Crippen LogP contribution is -2.42. The van der Waals surface area contributed by atoms with Crippen molar-refractivity contribution < 1.29 is 23.8 Å². The minimum atomic E-state index is -0.631. The largest absolute Gasteiger partial charge is 0.445 e. The third-order valence-corrected chi connectivity index (χ3v) is 4.88. The zero-order valence-electron chi connectivity index (χ0n) is 14.8. The van der Waals surface area contributed by atoms with E-state index in [0.717, 1.165) is 11.1 Å². The highest BCUT2D eigenvalue weighted by Crippen LogP contribution is 2.30. The van der Waals surface area contributed by atoms with E-state index < -0.39 is 18.2 Å². The lowest BCUT2D eigenvalue weighted by molar-refractivity contribution is -0.121. The number of hydrogen-bond acceptors (Lipinski definition) is 5. The summed E-state index contributed by atoms with van der Waals surface area (Å²) in [6, 6.07) is 18.6. The fourth-order valence-corrected chi connectivity index (χ4v) is 3.53. The quantitative estimate of drug-likeness (QED) is 0.813. The summed E-state index contributed by atoms with van der Waals surface area (Å²) in [6.45, 7) is 0.849. The molecule has 4 rings (SSSR count). The monoisotopic (exact) mass is 367 g/mol. The van der Waals surface area contributed by atoms with Crippen LogP contribution in [0.25, 0.3) is 0 Å². The van der Waals surface area contributed by atoms with Gasteiger partial charge in [0, 0.05) is 0 Å². The number of amides is 1. The molecular weight excluding hydrogens is 346 g/mol. The number of ketones is 1. The van der Waals surface area contributed by atoms with Crippen LogP contribution in [0.15, 0.2) is 60.7 Å². The Hall–Kier alpha value is -2.70. The number of likely N-dealkylation sites (tertiary alicyclic amines) is 1. The van der Waals surface area contributed by atoms with Crippen molar-refractivity contribution in [3.05, 3.63) is 71.8 Å². The number of carbonyl (C=O) groups is 2. The number of carbonyl (C=O) groups excluding carboxylic acids is 2. The molecule has 2 aliphatic heterocycles. The van der Waals surface area contributed by atoms with Crippen molar-refractivity contribution in [2.24, 2.45) is 0 Å². The zero-order valence-corrected chi connectivity index (χ0v) is 14.8. The molecule has 0 radical (unpaired) electrons. The van der Waals surface area contributed by atoms with Gasteiger partial charge in [0.1, 0.15) is 31.5 Å². The minimum absolute atomic E-state index is 0.00297. The second-order valence-corrected chi connectivity index (χ2v) is 6.71. The maximum atomic E-state index is 12.6. The SMILES string of the molecule is O=C1CO[C@H]2[C@@H]1N(C(=O)OCc1ccccc1)C[C@H]2OCc1ccccc1. The van der Waals surface area contributed by atoms with E-state index in [-0.39, 0.29) is 31.6 Å². The van der Waals surface area contributed by atoms with Crippen molar-refractivity contribution in [2.75, 3.05) is 13.2 Å². The summed E-state index contributed by atoms with van der Waals surface area (Å²) in [6.07, 6.45) is -1.31. The molecule has 0 saturated carbocycles. The number of rotatable bonds is 5. The Morgan fingerprint density at radius 2 is 1.63 bits per heavy atom. The molecule has 0 unspecified atom stereocenters. The molecule has 27 heavy (non-hydrogen) atoms. The summed E-state index contributed by atoms with van der Waals surface area (Å²) in [5.41, 5.74) is 1.93. The van der Waals surface area contributed by atoms with Gasteiger partial charge in [-0.3, -0.25) is 9.69 Å². The van der Waals surface area contributed by atoms with Gasteiger partial charge in [-0.2, -0.15) is 0 Å². The molecule has 2 aromatic carbocycles. The Morgan fingerprint density at radius 3 is 2.30 bits per heavy atom. The molecule has 2 fully saturated rings. The number of Topliss-reactive ketones (excluding diaryl/α,β-unsaturated/α-hetero) is 1. The molecule has 3 atom stereocenters. The van der Waals surface area contributed by atoms with E-state index in [0.29, 0.717) is 6.61 Å². The van der Waals surface area contributed by atoms with E-state index in [1.54, 1.807) is 0 Å². The van der Waals surface area contributed by atoms with Crippen molar-refractivity contribution in [3.63, 3.8) is 0 Å². The Bertz CT molecular complexity index is 795. The fourth-order valence-electron chi connectivity index (χ4n) is 3.53. The number of benzene rings is 2. The highest BCUT2D eigenvalue weighted by molar-refractivity contribution is 5.91. The second kappa shape index (κ2) is 7.90. The van der Waals surface area contributed by atoms with Crippen molar-refractivity contribution in [1.82, 2.24) is 4.90 Å². The predicted molar refractivity (Wildman–Crippen MR) is 96.9 cm³/mol. The number of nitrogens with zero attached hydrogens (tertiary/aromatic N) is 1. The van der Waals surface area contributed by atoms with Gasteiger partial charge in [0.25, 0.3) is 0 Å². The van der Waals surface area contributed by atoms with Crippen LogP contribution in [0.4, 0.5) is 4.79 Å². The maximum Gasteiger partial charge on any atom is 0.410 e. The standard InChI is InChI=1S/C21H21NO5/c23-17-14-26-20-18(25-12-15-7-3-1-4-8-15)11-22(19(17)20)21(24)27-13-16-9-5-2-6-10-16/h1-10,18-20H,11-14H2/t18-,19-,20-/m1/s1. The van der Waals surface area contributed by atoms with Crippen LogP contribution in [-0.2, 0) is 32.2 Å². The van der Waals surface area contributed by atoms with Gasteiger partial charge in [-0.1, -0.05) is 60.7 Å². The average molecular weight is 367 g/mol. The van der Waals surface area contributed by atoms with Gasteiger partial charge in [0.2, 0.25) is 0 Å². The summed E-state index contributed by atoms with van der Waals surface area (Å²) in [5, 5.41) is 0. The van der Waals surface area contributed by atoms with Gasteiger partial charge in [-0.05, 0) is 11.1 Å². The van der Waals surface area contributed by atoms with Crippen LogP contribution in [-0.4, -0.2) is 48.2 Å². The fraction of sp³-hybridized carbons (Fsp3) is 0.333. The van der Waals surface area contributed by atoms with Crippen molar-refractivity contribution in [1.29, 1.82) is 0 Å². The molecule has 0 aliphatic carbocycles. The summed E-state index contributed by atoms with van der Waals surface area (Å²) >= 11 is 0. The molecule has 0 bridgehead atoms. The molecule has 2 aliphatic rings. The van der Waals surface area contributed by atoms with Crippen LogP contribution in [0.3, 0.4) is 0 Å². The molecule has 2 aromatic rings. The first-order chi connectivity index (χ1) is 13.2. The first-order valence-corrected chi connectivity index (χ1v) is 8.99. The predicted octanol–water partition coefficient (Wildman–Crippen LogP) is 2.56. The van der Waals surface area contributed by atoms with Crippen LogP contribution >= 0.6 is 0 Å². The van der Waals surface area contributed by atoms with Gasteiger partial charge >= 0.3 is 6.09 Å². The Kier molecular flexibility index (Phi) is 5.18. The topological polar surface area (TPSA) is 65.1 Å². The molecule has 0 spiro atoms. The van der Waals surface area contributed by atoms with Gasteiger partial charge < -0.3 is 14.2 Å². The molecule has 0 N–H and O–H groups in total.